The summed E-state index contributed by atoms with van der Waals surface area (Å²) in [6, 6.07) is 11.7. The van der Waals surface area contributed by atoms with Gasteiger partial charge in [0.2, 0.25) is 0 Å². The van der Waals surface area contributed by atoms with Gasteiger partial charge in [0.15, 0.2) is 11.6 Å². The zero-order valence-electron chi connectivity index (χ0n) is 9.97. The van der Waals surface area contributed by atoms with Crippen molar-refractivity contribution in [2.75, 3.05) is 0 Å². The van der Waals surface area contributed by atoms with Crippen LogP contribution in [-0.4, -0.2) is 5.11 Å². The molecule has 0 saturated heterocycles. The van der Waals surface area contributed by atoms with E-state index in [1.807, 2.05) is 11.4 Å². The number of thiophene rings is 1. The highest BCUT2D eigenvalue weighted by molar-refractivity contribution is 7.17. The van der Waals surface area contributed by atoms with Crippen molar-refractivity contribution in [3.63, 3.8) is 0 Å². The van der Waals surface area contributed by atoms with E-state index < -0.39 is 0 Å². The van der Waals surface area contributed by atoms with E-state index in [2.05, 4.69) is 0 Å². The van der Waals surface area contributed by atoms with Crippen LogP contribution in [0.25, 0.3) is 10.1 Å². The monoisotopic (exact) mass is 274 g/mol. The Morgan fingerprint density at radius 2 is 1.95 bits per heavy atom. The van der Waals surface area contributed by atoms with Gasteiger partial charge in [-0.05, 0) is 23.6 Å². The topological polar surface area (TPSA) is 29.5 Å². The van der Waals surface area contributed by atoms with Crippen molar-refractivity contribution in [2.45, 2.75) is 6.61 Å². The Morgan fingerprint density at radius 1 is 1.11 bits per heavy atom. The summed E-state index contributed by atoms with van der Waals surface area (Å²) in [5.41, 5.74) is 0.944. The van der Waals surface area contributed by atoms with Crippen LogP contribution in [-0.2, 0) is 6.61 Å². The van der Waals surface area contributed by atoms with E-state index in [1.165, 1.54) is 17.4 Å². The summed E-state index contributed by atoms with van der Waals surface area (Å²) in [5, 5.41) is 12.6. The van der Waals surface area contributed by atoms with E-state index in [1.54, 1.807) is 30.3 Å². The van der Waals surface area contributed by atoms with Gasteiger partial charge < -0.3 is 9.84 Å². The smallest absolute Gasteiger partial charge is 0.165 e. The molecule has 1 aromatic heterocycles. The summed E-state index contributed by atoms with van der Waals surface area (Å²) in [6.45, 7) is 0.282. The van der Waals surface area contributed by atoms with Crippen molar-refractivity contribution < 1.29 is 14.2 Å². The molecular weight excluding hydrogens is 263 g/mol. The van der Waals surface area contributed by atoms with Gasteiger partial charge in [-0.25, -0.2) is 4.39 Å². The minimum Gasteiger partial charge on any atom is -0.506 e. The highest BCUT2D eigenvalue weighted by atomic mass is 32.1. The number of phenols is 1. The predicted octanol–water partition coefficient (Wildman–Crippen LogP) is 4.33. The number of ether oxygens (including phenoxy) is 1. The quantitative estimate of drug-likeness (QED) is 0.770. The third kappa shape index (κ3) is 2.27. The van der Waals surface area contributed by atoms with Crippen LogP contribution in [0, 0.1) is 5.82 Å². The Balaban J connectivity index is 1.87. The first-order chi connectivity index (χ1) is 9.25. The first-order valence-corrected chi connectivity index (χ1v) is 6.69. The second-order valence-electron chi connectivity index (χ2n) is 4.13. The van der Waals surface area contributed by atoms with Crippen molar-refractivity contribution >= 4 is 21.4 Å². The number of aromatic hydroxyl groups is 1. The molecule has 3 aromatic rings. The Bertz CT molecular complexity index is 721. The molecule has 1 N–H and O–H groups in total. The SMILES string of the molecule is Oc1cccc2c(COc3ccccc3F)csc12. The number of benzene rings is 2. The molecule has 0 bridgehead atoms. The van der Waals surface area contributed by atoms with Gasteiger partial charge in [-0.15, -0.1) is 11.3 Å². The lowest BCUT2D eigenvalue weighted by atomic mass is 10.2. The number of hydrogen-bond donors (Lipinski definition) is 1. The Labute approximate surface area is 113 Å². The second-order valence-corrected chi connectivity index (χ2v) is 5.01. The molecule has 4 heteroatoms. The molecule has 19 heavy (non-hydrogen) atoms. The molecule has 0 saturated carbocycles. The fraction of sp³-hybridized carbons (Fsp3) is 0.0667. The van der Waals surface area contributed by atoms with E-state index in [0.29, 0.717) is 0 Å². The summed E-state index contributed by atoms with van der Waals surface area (Å²) in [6.07, 6.45) is 0. The molecule has 0 atom stereocenters. The van der Waals surface area contributed by atoms with Crippen LogP contribution in [0.2, 0.25) is 0 Å². The third-order valence-corrected chi connectivity index (χ3v) is 3.95. The summed E-state index contributed by atoms with van der Waals surface area (Å²) < 4.78 is 19.7. The number of hydrogen-bond acceptors (Lipinski definition) is 3. The lowest BCUT2D eigenvalue weighted by Crippen LogP contribution is -1.96. The lowest BCUT2D eigenvalue weighted by Gasteiger charge is -2.06. The lowest BCUT2D eigenvalue weighted by molar-refractivity contribution is 0.292. The van der Waals surface area contributed by atoms with E-state index in [4.69, 9.17) is 4.74 Å². The van der Waals surface area contributed by atoms with Gasteiger partial charge >= 0.3 is 0 Å². The van der Waals surface area contributed by atoms with Gasteiger partial charge in [-0.1, -0.05) is 24.3 Å². The molecule has 2 aromatic carbocycles. The van der Waals surface area contributed by atoms with Gasteiger partial charge in [-0.3, -0.25) is 0 Å². The van der Waals surface area contributed by atoms with E-state index in [9.17, 15) is 9.50 Å². The molecule has 3 rings (SSSR count). The standard InChI is InChI=1S/C15H11FO2S/c16-12-5-1-2-7-14(12)18-8-10-9-19-15-11(10)4-3-6-13(15)17/h1-7,9,17H,8H2. The van der Waals surface area contributed by atoms with Crippen LogP contribution in [0.15, 0.2) is 47.8 Å². The fourth-order valence-electron chi connectivity index (χ4n) is 1.92. The van der Waals surface area contributed by atoms with Gasteiger partial charge in [-0.2, -0.15) is 0 Å². The molecule has 2 nitrogen and oxygen atoms in total. The number of phenolic OH excluding ortho intramolecular Hbond substituents is 1. The van der Waals surface area contributed by atoms with Gasteiger partial charge in [0.1, 0.15) is 12.4 Å². The minimum atomic E-state index is -0.370. The maximum Gasteiger partial charge on any atom is 0.165 e. The van der Waals surface area contributed by atoms with Crippen molar-refractivity contribution in [3.05, 3.63) is 59.2 Å². The summed E-state index contributed by atoms with van der Waals surface area (Å²) in [5.74, 6) is 0.131. The van der Waals surface area contributed by atoms with Gasteiger partial charge in [0.25, 0.3) is 0 Å². The zero-order chi connectivity index (χ0) is 13.2. The largest absolute Gasteiger partial charge is 0.506 e. The van der Waals surface area contributed by atoms with Crippen LogP contribution in [0.4, 0.5) is 4.39 Å². The number of halogens is 1. The van der Waals surface area contributed by atoms with Gasteiger partial charge in [0.05, 0.1) is 4.70 Å². The molecule has 0 aliphatic carbocycles. The number of fused-ring (bicyclic) bond motifs is 1. The molecular formula is C15H11FO2S. The zero-order valence-corrected chi connectivity index (χ0v) is 10.8. The molecule has 1 heterocycles. The van der Waals surface area contributed by atoms with Crippen molar-refractivity contribution in [3.8, 4) is 11.5 Å². The fourth-order valence-corrected chi connectivity index (χ4v) is 2.89. The molecule has 0 spiro atoms. The van der Waals surface area contributed by atoms with E-state index in [-0.39, 0.29) is 23.9 Å². The summed E-state index contributed by atoms with van der Waals surface area (Å²) in [4.78, 5) is 0. The average Bonchev–Trinajstić information content (AvgIpc) is 2.83. The maximum absolute atomic E-state index is 13.4. The van der Waals surface area contributed by atoms with Crippen LogP contribution in [0.3, 0.4) is 0 Å². The maximum atomic E-state index is 13.4. The Kier molecular flexibility index (Phi) is 3.09. The van der Waals surface area contributed by atoms with E-state index in [0.717, 1.165) is 15.6 Å². The molecule has 96 valence electrons. The van der Waals surface area contributed by atoms with Crippen LogP contribution < -0.4 is 4.74 Å². The Morgan fingerprint density at radius 3 is 2.79 bits per heavy atom. The highest BCUT2D eigenvalue weighted by Crippen LogP contribution is 2.33. The normalized spacial score (nSPS) is 10.8. The summed E-state index contributed by atoms with van der Waals surface area (Å²) >= 11 is 1.46. The molecule has 0 fully saturated rings. The number of rotatable bonds is 3. The minimum absolute atomic E-state index is 0.238. The van der Waals surface area contributed by atoms with Gasteiger partial charge in [0, 0.05) is 10.9 Å². The highest BCUT2D eigenvalue weighted by Gasteiger charge is 2.09. The molecule has 0 amide bonds. The second kappa shape index (κ2) is 4.90. The molecule has 0 unspecified atom stereocenters. The molecule has 0 aliphatic heterocycles. The van der Waals surface area contributed by atoms with Crippen LogP contribution in [0.1, 0.15) is 5.56 Å². The van der Waals surface area contributed by atoms with Crippen molar-refractivity contribution in [2.24, 2.45) is 0 Å². The molecule has 0 aliphatic rings. The number of para-hydroxylation sites is 1. The van der Waals surface area contributed by atoms with Crippen molar-refractivity contribution in [1.29, 1.82) is 0 Å². The predicted molar refractivity (Wildman–Crippen MR) is 74.2 cm³/mol. The average molecular weight is 274 g/mol. The van der Waals surface area contributed by atoms with Crippen LogP contribution >= 0.6 is 11.3 Å². The van der Waals surface area contributed by atoms with E-state index >= 15 is 0 Å². The van der Waals surface area contributed by atoms with Crippen molar-refractivity contribution in [1.82, 2.24) is 0 Å². The van der Waals surface area contributed by atoms with Crippen LogP contribution in [0.5, 0.6) is 11.5 Å². The molecule has 0 radical (unpaired) electrons. The first kappa shape index (κ1) is 12.0. The first-order valence-electron chi connectivity index (χ1n) is 5.81. The summed E-state index contributed by atoms with van der Waals surface area (Å²) in [7, 11) is 0. The Hall–Kier alpha value is -2.07. The third-order valence-electron chi connectivity index (χ3n) is 2.88.